The highest BCUT2D eigenvalue weighted by Crippen LogP contribution is 2.22. The van der Waals surface area contributed by atoms with E-state index in [1.54, 1.807) is 51.1 Å². The van der Waals surface area contributed by atoms with Crippen molar-refractivity contribution in [3.05, 3.63) is 42.0 Å². The van der Waals surface area contributed by atoms with Gasteiger partial charge >= 0.3 is 12.1 Å². The first kappa shape index (κ1) is 25.7. The highest BCUT2D eigenvalue weighted by molar-refractivity contribution is 5.93. The van der Waals surface area contributed by atoms with E-state index in [-0.39, 0.29) is 6.54 Å². The van der Waals surface area contributed by atoms with Gasteiger partial charge in [0.2, 0.25) is 11.8 Å². The predicted molar refractivity (Wildman–Crippen MR) is 116 cm³/mol. The van der Waals surface area contributed by atoms with Crippen molar-refractivity contribution < 1.29 is 28.7 Å². The lowest BCUT2D eigenvalue weighted by Gasteiger charge is -2.30. The molecule has 31 heavy (non-hydrogen) atoms. The fourth-order valence-electron chi connectivity index (χ4n) is 2.71. The Morgan fingerprint density at radius 3 is 2.42 bits per heavy atom. The second kappa shape index (κ2) is 11.1. The normalized spacial score (nSPS) is 12.7. The van der Waals surface area contributed by atoms with Gasteiger partial charge in [0.1, 0.15) is 24.2 Å². The molecule has 2 N–H and O–H groups in total. The highest BCUT2D eigenvalue weighted by atomic mass is 16.6. The van der Waals surface area contributed by atoms with Crippen LogP contribution in [0, 0.1) is 0 Å². The molecule has 0 saturated heterocycles. The van der Waals surface area contributed by atoms with Crippen LogP contribution in [-0.4, -0.2) is 61.1 Å². The first-order chi connectivity index (χ1) is 14.4. The van der Waals surface area contributed by atoms with Crippen LogP contribution in [-0.2, 0) is 23.9 Å². The van der Waals surface area contributed by atoms with Crippen LogP contribution >= 0.6 is 0 Å². The number of benzene rings is 1. The van der Waals surface area contributed by atoms with Crippen molar-refractivity contribution in [3.8, 4) is 0 Å². The summed E-state index contributed by atoms with van der Waals surface area (Å²) in [7, 11) is 2.65. The topological polar surface area (TPSA) is 114 Å². The van der Waals surface area contributed by atoms with E-state index in [0.29, 0.717) is 5.56 Å². The third-order valence-corrected chi connectivity index (χ3v) is 4.18. The molecule has 0 aliphatic carbocycles. The summed E-state index contributed by atoms with van der Waals surface area (Å²) in [4.78, 5) is 50.5. The number of ether oxygens (including phenoxy) is 2. The first-order valence-electron chi connectivity index (χ1n) is 9.72. The maximum atomic E-state index is 13.0. The molecule has 0 aliphatic rings. The average Bonchev–Trinajstić information content (AvgIpc) is 2.69. The number of alkyl carbamates (subject to hydrolysis) is 1. The van der Waals surface area contributed by atoms with Gasteiger partial charge in [-0.15, -0.1) is 0 Å². The number of nitrogens with one attached hydrogen (secondary N) is 2. The van der Waals surface area contributed by atoms with Gasteiger partial charge in [0, 0.05) is 7.05 Å². The predicted octanol–water partition coefficient (Wildman–Crippen LogP) is 2.03. The number of rotatable bonds is 8. The molecule has 0 aliphatic heterocycles. The largest absolute Gasteiger partial charge is 0.468 e. The lowest BCUT2D eigenvalue weighted by atomic mass is 10.0. The van der Waals surface area contributed by atoms with Crippen LogP contribution in [0.3, 0.4) is 0 Å². The molecule has 170 valence electrons. The lowest BCUT2D eigenvalue weighted by Crippen LogP contribution is -2.50. The zero-order valence-electron chi connectivity index (χ0n) is 18.9. The van der Waals surface area contributed by atoms with E-state index in [9.17, 15) is 19.2 Å². The second-order valence-electron chi connectivity index (χ2n) is 7.89. The molecule has 3 amide bonds. The third kappa shape index (κ3) is 8.12. The van der Waals surface area contributed by atoms with Crippen LogP contribution in [0.2, 0.25) is 0 Å². The number of likely N-dealkylation sites (N-methyl/N-ethyl adjacent to an activating group) is 1. The Morgan fingerprint density at radius 2 is 1.87 bits per heavy atom. The minimum absolute atomic E-state index is 0.347. The molecule has 0 fully saturated rings. The second-order valence-corrected chi connectivity index (χ2v) is 7.89. The summed E-state index contributed by atoms with van der Waals surface area (Å²) in [5.74, 6) is -1.72. The van der Waals surface area contributed by atoms with Crippen molar-refractivity contribution in [1.29, 1.82) is 0 Å². The average molecular weight is 434 g/mol. The molecule has 1 aromatic carbocycles. The van der Waals surface area contributed by atoms with Gasteiger partial charge in [-0.2, -0.15) is 0 Å². The summed E-state index contributed by atoms with van der Waals surface area (Å²) in [6.45, 7) is 9.98. The van der Waals surface area contributed by atoms with E-state index >= 15 is 0 Å². The van der Waals surface area contributed by atoms with E-state index < -0.39 is 41.6 Å². The molecule has 9 heteroatoms. The van der Waals surface area contributed by atoms with Crippen molar-refractivity contribution >= 4 is 30.0 Å². The Labute approximate surface area is 182 Å². The molecule has 0 saturated carbocycles. The third-order valence-electron chi connectivity index (χ3n) is 4.18. The van der Waals surface area contributed by atoms with Crippen molar-refractivity contribution in [2.75, 3.05) is 20.7 Å². The van der Waals surface area contributed by atoms with Crippen molar-refractivity contribution in [2.45, 2.75) is 45.4 Å². The van der Waals surface area contributed by atoms with Gasteiger partial charge in [-0.25, -0.2) is 4.79 Å². The number of amides is 3. The number of carbonyl (C=O) groups excluding carboxylic acids is 4. The Hall–Kier alpha value is -3.36. The highest BCUT2D eigenvalue weighted by Gasteiger charge is 2.32. The maximum absolute atomic E-state index is 13.0. The molecule has 0 bridgehead atoms. The minimum Gasteiger partial charge on any atom is -0.468 e. The lowest BCUT2D eigenvalue weighted by molar-refractivity contribution is -0.143. The van der Waals surface area contributed by atoms with Crippen LogP contribution in [0.5, 0.6) is 0 Å². The van der Waals surface area contributed by atoms with Crippen LogP contribution < -0.4 is 10.6 Å². The van der Waals surface area contributed by atoms with Crippen LogP contribution in [0.1, 0.15) is 44.9 Å². The number of methoxy groups -OCH3 is 1. The molecule has 0 aromatic heterocycles. The molecule has 2 unspecified atom stereocenters. The summed E-state index contributed by atoms with van der Waals surface area (Å²) in [6, 6.07) is 4.91. The Bertz CT molecular complexity index is 831. The molecular weight excluding hydrogens is 402 g/mol. The molecule has 0 radical (unpaired) electrons. The summed E-state index contributed by atoms with van der Waals surface area (Å²) in [5.41, 5.74) is 0.546. The van der Waals surface area contributed by atoms with Crippen LogP contribution in [0.4, 0.5) is 4.79 Å². The number of esters is 1. The van der Waals surface area contributed by atoms with Gasteiger partial charge in [-0.1, -0.05) is 30.9 Å². The molecule has 1 aromatic rings. The molecule has 2 atom stereocenters. The van der Waals surface area contributed by atoms with Gasteiger partial charge in [0.15, 0.2) is 0 Å². The van der Waals surface area contributed by atoms with Crippen molar-refractivity contribution in [3.63, 3.8) is 0 Å². The number of carbonyl (C=O) groups is 4. The van der Waals surface area contributed by atoms with E-state index in [4.69, 9.17) is 4.74 Å². The van der Waals surface area contributed by atoms with Crippen LogP contribution in [0.25, 0.3) is 6.08 Å². The Balaban J connectivity index is 3.11. The first-order valence-corrected chi connectivity index (χ1v) is 9.72. The maximum Gasteiger partial charge on any atom is 0.408 e. The Kier molecular flexibility index (Phi) is 9.23. The van der Waals surface area contributed by atoms with Crippen molar-refractivity contribution in [2.24, 2.45) is 0 Å². The summed E-state index contributed by atoms with van der Waals surface area (Å²) >= 11 is 0. The SMILES string of the molecule is C=Cc1cccc(C(C(=O)NCC(=O)OC)N(C)C(=O)C(C)NC(=O)OC(C)(C)C)c1. The molecule has 1 rings (SSSR count). The molecule has 0 spiro atoms. The quantitative estimate of drug-likeness (QED) is 0.607. The number of hydrogen-bond acceptors (Lipinski definition) is 6. The van der Waals surface area contributed by atoms with Gasteiger partial charge in [0.25, 0.3) is 0 Å². The zero-order chi connectivity index (χ0) is 23.8. The van der Waals surface area contributed by atoms with E-state index in [0.717, 1.165) is 5.56 Å². The van der Waals surface area contributed by atoms with E-state index in [1.807, 2.05) is 0 Å². The summed E-state index contributed by atoms with van der Waals surface area (Å²) < 4.78 is 9.72. The van der Waals surface area contributed by atoms with Crippen molar-refractivity contribution in [1.82, 2.24) is 15.5 Å². The van der Waals surface area contributed by atoms with Gasteiger partial charge in [-0.05, 0) is 44.9 Å². The van der Waals surface area contributed by atoms with E-state index in [2.05, 4.69) is 21.9 Å². The summed E-state index contributed by atoms with van der Waals surface area (Å²) in [5, 5.41) is 4.94. The Morgan fingerprint density at radius 1 is 1.23 bits per heavy atom. The smallest absolute Gasteiger partial charge is 0.408 e. The monoisotopic (exact) mass is 433 g/mol. The van der Waals surface area contributed by atoms with Crippen LogP contribution in [0.15, 0.2) is 30.8 Å². The molecule has 9 nitrogen and oxygen atoms in total. The molecular formula is C22H31N3O6. The standard InChI is InChI=1S/C22H31N3O6/c1-8-15-10-9-11-16(12-15)18(19(27)23-13-17(26)30-7)25(6)20(28)14(2)24-21(29)31-22(3,4)5/h8-12,14,18H,1,13H2,2-7H3,(H,23,27)(H,24,29). The molecule has 0 heterocycles. The fraction of sp³-hybridized carbons (Fsp3) is 0.455. The summed E-state index contributed by atoms with van der Waals surface area (Å²) in [6.07, 6.45) is 0.864. The van der Waals surface area contributed by atoms with Gasteiger partial charge in [-0.3, -0.25) is 14.4 Å². The van der Waals surface area contributed by atoms with Gasteiger partial charge in [0.05, 0.1) is 7.11 Å². The fourth-order valence-corrected chi connectivity index (χ4v) is 2.71. The zero-order valence-corrected chi connectivity index (χ0v) is 18.9. The number of nitrogens with zero attached hydrogens (tertiary/aromatic N) is 1. The minimum atomic E-state index is -1.06. The van der Waals surface area contributed by atoms with E-state index in [1.165, 1.54) is 26.0 Å². The van der Waals surface area contributed by atoms with Gasteiger partial charge < -0.3 is 25.0 Å². The number of hydrogen-bond donors (Lipinski definition) is 2.